The number of nitrogens with two attached hydrogens (primary N) is 1. The van der Waals surface area contributed by atoms with E-state index in [4.69, 9.17) is 10.5 Å². The fraction of sp³-hybridized carbons (Fsp3) is 0.312. The smallest absolute Gasteiger partial charge is 0.128 e. The lowest BCUT2D eigenvalue weighted by Crippen LogP contribution is -2.20. The molecule has 4 nitrogen and oxygen atoms in total. The van der Waals surface area contributed by atoms with Crippen LogP contribution in [0.5, 0.6) is 5.75 Å². The number of pyridine rings is 1. The molecule has 1 atom stereocenters. The van der Waals surface area contributed by atoms with E-state index in [0.29, 0.717) is 5.82 Å². The molecule has 0 aliphatic rings. The highest BCUT2D eigenvalue weighted by Crippen LogP contribution is 2.29. The minimum Gasteiger partial charge on any atom is -0.496 e. The van der Waals surface area contributed by atoms with E-state index >= 15 is 0 Å². The van der Waals surface area contributed by atoms with Crippen LogP contribution in [0.1, 0.15) is 28.3 Å². The number of ether oxygens (including phenoxy) is 1. The zero-order valence-electron chi connectivity index (χ0n) is 12.4. The van der Waals surface area contributed by atoms with Gasteiger partial charge in [-0.05, 0) is 49.7 Å². The van der Waals surface area contributed by atoms with Crippen molar-refractivity contribution in [2.45, 2.75) is 19.9 Å². The molecule has 2 aromatic rings. The van der Waals surface area contributed by atoms with Gasteiger partial charge in [-0.15, -0.1) is 0 Å². The number of nitrogens with one attached hydrogen (secondary N) is 1. The molecule has 4 heteroatoms. The van der Waals surface area contributed by atoms with Crippen molar-refractivity contribution in [3.05, 3.63) is 52.7 Å². The number of hydrogen-bond donors (Lipinski definition) is 2. The van der Waals surface area contributed by atoms with Crippen molar-refractivity contribution in [2.24, 2.45) is 0 Å². The first-order valence-corrected chi connectivity index (χ1v) is 6.60. The lowest BCUT2D eigenvalue weighted by molar-refractivity contribution is 0.411. The number of benzene rings is 1. The summed E-state index contributed by atoms with van der Waals surface area (Å²) in [6.45, 7) is 4.05. The largest absolute Gasteiger partial charge is 0.496 e. The van der Waals surface area contributed by atoms with Crippen molar-refractivity contribution in [2.75, 3.05) is 19.9 Å². The molecule has 0 amide bonds. The number of hydrogen-bond acceptors (Lipinski definition) is 4. The van der Waals surface area contributed by atoms with Gasteiger partial charge in [-0.3, -0.25) is 0 Å². The Bertz CT molecular complexity index is 611. The predicted octanol–water partition coefficient (Wildman–Crippen LogP) is 2.60. The molecule has 1 heterocycles. The molecule has 106 valence electrons. The van der Waals surface area contributed by atoms with Gasteiger partial charge in [-0.25, -0.2) is 4.98 Å². The van der Waals surface area contributed by atoms with Crippen molar-refractivity contribution in [1.29, 1.82) is 0 Å². The molecule has 0 fully saturated rings. The minimum atomic E-state index is 0.0204. The van der Waals surface area contributed by atoms with E-state index in [1.165, 1.54) is 0 Å². The molecule has 0 saturated heterocycles. The average Bonchev–Trinajstić information content (AvgIpc) is 2.44. The number of nitrogen functional groups attached to an aromatic ring is 1. The molecule has 0 aliphatic heterocycles. The van der Waals surface area contributed by atoms with Crippen LogP contribution in [-0.2, 0) is 0 Å². The number of methoxy groups -OCH3 is 1. The van der Waals surface area contributed by atoms with Gasteiger partial charge in [0.25, 0.3) is 0 Å². The van der Waals surface area contributed by atoms with Crippen LogP contribution in [0.15, 0.2) is 30.5 Å². The second-order valence-electron chi connectivity index (χ2n) is 4.94. The Balaban J connectivity index is 2.46. The maximum absolute atomic E-state index is 6.02. The highest BCUT2D eigenvalue weighted by molar-refractivity contribution is 5.48. The van der Waals surface area contributed by atoms with Gasteiger partial charge in [0.1, 0.15) is 11.6 Å². The Morgan fingerprint density at radius 3 is 2.60 bits per heavy atom. The second kappa shape index (κ2) is 5.92. The van der Waals surface area contributed by atoms with Crippen LogP contribution in [0.4, 0.5) is 5.82 Å². The van der Waals surface area contributed by atoms with Crippen LogP contribution >= 0.6 is 0 Å². The quantitative estimate of drug-likeness (QED) is 0.897. The summed E-state index contributed by atoms with van der Waals surface area (Å²) in [4.78, 5) is 4.24. The summed E-state index contributed by atoms with van der Waals surface area (Å²) in [5, 5.41) is 3.31. The van der Waals surface area contributed by atoms with Gasteiger partial charge in [0.15, 0.2) is 0 Å². The van der Waals surface area contributed by atoms with Crippen LogP contribution in [-0.4, -0.2) is 19.1 Å². The van der Waals surface area contributed by atoms with Gasteiger partial charge in [0.2, 0.25) is 0 Å². The van der Waals surface area contributed by atoms with Crippen molar-refractivity contribution >= 4 is 5.82 Å². The standard InChI is InChI=1S/C16H21N3O/c1-10-7-13(16(17)19-9-10)15(18-3)12-5-6-14(20-4)11(2)8-12/h5-9,15,18H,1-4H3,(H2,17,19). The second-order valence-corrected chi connectivity index (χ2v) is 4.94. The first-order chi connectivity index (χ1) is 9.56. The third kappa shape index (κ3) is 2.75. The fourth-order valence-corrected chi connectivity index (χ4v) is 2.42. The third-order valence-electron chi connectivity index (χ3n) is 3.44. The van der Waals surface area contributed by atoms with Crippen LogP contribution in [0.25, 0.3) is 0 Å². The van der Waals surface area contributed by atoms with Gasteiger partial charge in [0, 0.05) is 11.8 Å². The Hall–Kier alpha value is -2.07. The highest BCUT2D eigenvalue weighted by atomic mass is 16.5. The normalized spacial score (nSPS) is 12.2. The summed E-state index contributed by atoms with van der Waals surface area (Å²) in [6.07, 6.45) is 1.78. The number of aryl methyl sites for hydroxylation is 2. The number of rotatable bonds is 4. The van der Waals surface area contributed by atoms with E-state index in [9.17, 15) is 0 Å². The molecule has 1 aromatic heterocycles. The molecule has 0 saturated carbocycles. The van der Waals surface area contributed by atoms with Crippen LogP contribution in [0.3, 0.4) is 0 Å². The predicted molar refractivity (Wildman–Crippen MR) is 82.0 cm³/mol. The zero-order valence-corrected chi connectivity index (χ0v) is 12.4. The lowest BCUT2D eigenvalue weighted by atomic mass is 9.96. The Morgan fingerprint density at radius 1 is 1.25 bits per heavy atom. The van der Waals surface area contributed by atoms with Gasteiger partial charge in [0.05, 0.1) is 13.2 Å². The van der Waals surface area contributed by atoms with E-state index in [2.05, 4.69) is 28.5 Å². The summed E-state index contributed by atoms with van der Waals surface area (Å²) in [5.41, 5.74) is 10.4. The molecule has 20 heavy (non-hydrogen) atoms. The summed E-state index contributed by atoms with van der Waals surface area (Å²) >= 11 is 0. The van der Waals surface area contributed by atoms with Crippen molar-refractivity contribution in [1.82, 2.24) is 10.3 Å². The summed E-state index contributed by atoms with van der Waals surface area (Å²) in [7, 11) is 3.60. The zero-order chi connectivity index (χ0) is 14.7. The van der Waals surface area contributed by atoms with E-state index in [1.54, 1.807) is 13.3 Å². The number of aromatic nitrogens is 1. The van der Waals surface area contributed by atoms with Crippen LogP contribution < -0.4 is 15.8 Å². The molecule has 1 unspecified atom stereocenters. The van der Waals surface area contributed by atoms with Crippen molar-refractivity contribution in [3.63, 3.8) is 0 Å². The fourth-order valence-electron chi connectivity index (χ4n) is 2.42. The lowest BCUT2D eigenvalue weighted by Gasteiger charge is -2.20. The first-order valence-electron chi connectivity index (χ1n) is 6.60. The summed E-state index contributed by atoms with van der Waals surface area (Å²) in [6, 6.07) is 8.24. The molecular formula is C16H21N3O. The van der Waals surface area contributed by atoms with Crippen LogP contribution in [0, 0.1) is 13.8 Å². The Kier molecular flexibility index (Phi) is 4.25. The number of nitrogens with zero attached hydrogens (tertiary/aromatic N) is 1. The van der Waals surface area contributed by atoms with Gasteiger partial charge in [-0.2, -0.15) is 0 Å². The van der Waals surface area contributed by atoms with Crippen molar-refractivity contribution in [3.8, 4) is 5.75 Å². The molecular weight excluding hydrogens is 250 g/mol. The van der Waals surface area contributed by atoms with Crippen molar-refractivity contribution < 1.29 is 4.74 Å². The molecule has 3 N–H and O–H groups in total. The summed E-state index contributed by atoms with van der Waals surface area (Å²) < 4.78 is 5.30. The summed E-state index contributed by atoms with van der Waals surface area (Å²) in [5.74, 6) is 1.45. The van der Waals surface area contributed by atoms with Gasteiger partial charge in [-0.1, -0.05) is 12.1 Å². The number of anilines is 1. The Morgan fingerprint density at radius 2 is 2.00 bits per heavy atom. The molecule has 0 spiro atoms. The maximum atomic E-state index is 6.02. The van der Waals surface area contributed by atoms with E-state index in [-0.39, 0.29) is 6.04 Å². The van der Waals surface area contributed by atoms with Gasteiger partial charge >= 0.3 is 0 Å². The molecule has 0 radical (unpaired) electrons. The Labute approximate surface area is 120 Å². The third-order valence-corrected chi connectivity index (χ3v) is 3.44. The highest BCUT2D eigenvalue weighted by Gasteiger charge is 2.16. The molecule has 0 aliphatic carbocycles. The van der Waals surface area contributed by atoms with E-state index < -0.39 is 0 Å². The minimum absolute atomic E-state index is 0.0204. The van der Waals surface area contributed by atoms with Gasteiger partial charge < -0.3 is 15.8 Å². The van der Waals surface area contributed by atoms with E-state index in [0.717, 1.165) is 28.0 Å². The van der Waals surface area contributed by atoms with Crippen LogP contribution in [0.2, 0.25) is 0 Å². The molecule has 2 rings (SSSR count). The SMILES string of the molecule is CNC(c1ccc(OC)c(C)c1)c1cc(C)cnc1N. The van der Waals surface area contributed by atoms with E-state index in [1.807, 2.05) is 27.0 Å². The molecule has 0 bridgehead atoms. The average molecular weight is 271 g/mol. The maximum Gasteiger partial charge on any atom is 0.128 e. The molecule has 1 aromatic carbocycles. The monoisotopic (exact) mass is 271 g/mol. The topological polar surface area (TPSA) is 60.2 Å². The first kappa shape index (κ1) is 14.3.